The molecule has 0 aromatic heterocycles. The zero-order chi connectivity index (χ0) is 15.0. The van der Waals surface area contributed by atoms with Crippen LogP contribution >= 0.6 is 0 Å². The van der Waals surface area contributed by atoms with E-state index in [0.717, 1.165) is 0 Å². The van der Waals surface area contributed by atoms with Crippen molar-refractivity contribution in [3.05, 3.63) is 35.6 Å². The van der Waals surface area contributed by atoms with Crippen LogP contribution in [-0.4, -0.2) is 30.2 Å². The molecule has 1 aromatic carbocycles. The number of amides is 2. The Morgan fingerprint density at radius 3 is 2.65 bits per heavy atom. The first-order valence-electron chi connectivity index (χ1n) is 6.46. The fourth-order valence-electron chi connectivity index (χ4n) is 1.71. The molecule has 0 aliphatic rings. The number of benzene rings is 1. The number of halogens is 1. The van der Waals surface area contributed by atoms with Crippen LogP contribution in [0, 0.1) is 11.7 Å². The molecule has 0 heterocycles. The maximum absolute atomic E-state index is 13.3. The summed E-state index contributed by atoms with van der Waals surface area (Å²) in [6, 6.07) is 6.03. The Labute approximate surface area is 117 Å². The van der Waals surface area contributed by atoms with Gasteiger partial charge in [0.2, 0.25) is 0 Å². The van der Waals surface area contributed by atoms with Gasteiger partial charge in [-0.1, -0.05) is 25.1 Å². The van der Waals surface area contributed by atoms with Crippen LogP contribution in [0.4, 0.5) is 9.18 Å². The van der Waals surface area contributed by atoms with Crippen molar-refractivity contribution in [3.63, 3.8) is 0 Å². The summed E-state index contributed by atoms with van der Waals surface area (Å²) < 4.78 is 13.3. The number of carboxylic acids is 1. The predicted octanol–water partition coefficient (Wildman–Crippen LogP) is 1.78. The minimum atomic E-state index is -0.890. The van der Waals surface area contributed by atoms with Gasteiger partial charge in [0.1, 0.15) is 5.82 Å². The molecule has 110 valence electrons. The fraction of sp³-hybridized carbons (Fsp3) is 0.429. The van der Waals surface area contributed by atoms with E-state index in [1.165, 1.54) is 6.07 Å². The average molecular weight is 282 g/mol. The third-order valence-corrected chi connectivity index (χ3v) is 2.77. The molecule has 0 saturated carbocycles. The summed E-state index contributed by atoms with van der Waals surface area (Å²) in [5.41, 5.74) is 0.548. The van der Waals surface area contributed by atoms with Crippen molar-refractivity contribution < 1.29 is 19.1 Å². The predicted molar refractivity (Wildman–Crippen MR) is 72.9 cm³/mol. The second kappa shape index (κ2) is 8.14. The minimum absolute atomic E-state index is 0.00943. The fourth-order valence-corrected chi connectivity index (χ4v) is 1.71. The molecule has 0 saturated heterocycles. The van der Waals surface area contributed by atoms with Crippen LogP contribution in [0.1, 0.15) is 18.9 Å². The number of aliphatic carboxylic acids is 1. The zero-order valence-electron chi connectivity index (χ0n) is 11.4. The van der Waals surface area contributed by atoms with Crippen LogP contribution in [0.15, 0.2) is 24.3 Å². The summed E-state index contributed by atoms with van der Waals surface area (Å²) in [5.74, 6) is -1.31. The van der Waals surface area contributed by atoms with Crippen LogP contribution < -0.4 is 10.6 Å². The van der Waals surface area contributed by atoms with Crippen molar-refractivity contribution in [1.29, 1.82) is 0 Å². The number of carbonyl (C=O) groups is 2. The third-order valence-electron chi connectivity index (χ3n) is 2.77. The molecule has 0 fully saturated rings. The normalized spacial score (nSPS) is 11.7. The highest BCUT2D eigenvalue weighted by Gasteiger charge is 2.09. The Bertz CT molecular complexity index is 465. The molecule has 0 spiro atoms. The van der Waals surface area contributed by atoms with E-state index >= 15 is 0 Å². The number of nitrogens with one attached hydrogen (secondary N) is 2. The summed E-state index contributed by atoms with van der Waals surface area (Å²) >= 11 is 0. The minimum Gasteiger partial charge on any atom is -0.481 e. The summed E-state index contributed by atoms with van der Waals surface area (Å²) in [7, 11) is 0. The van der Waals surface area contributed by atoms with E-state index in [-0.39, 0.29) is 30.7 Å². The molecule has 1 aromatic rings. The van der Waals surface area contributed by atoms with Crippen molar-refractivity contribution in [1.82, 2.24) is 10.6 Å². The molecular weight excluding hydrogens is 263 g/mol. The van der Waals surface area contributed by atoms with E-state index in [4.69, 9.17) is 5.11 Å². The molecule has 6 heteroatoms. The van der Waals surface area contributed by atoms with Gasteiger partial charge >= 0.3 is 12.0 Å². The molecule has 5 nitrogen and oxygen atoms in total. The molecule has 0 radical (unpaired) electrons. The van der Waals surface area contributed by atoms with Gasteiger partial charge in [-0.15, -0.1) is 0 Å². The van der Waals surface area contributed by atoms with Crippen molar-refractivity contribution in [2.75, 3.05) is 13.1 Å². The average Bonchev–Trinajstić information content (AvgIpc) is 2.38. The van der Waals surface area contributed by atoms with E-state index in [1.807, 2.05) is 0 Å². The van der Waals surface area contributed by atoms with Gasteiger partial charge in [0.15, 0.2) is 0 Å². The molecule has 2 amide bonds. The SMILES string of the molecule is CC(CNC(=O)NCCc1ccccc1F)CC(=O)O. The van der Waals surface area contributed by atoms with Crippen LogP contribution in [-0.2, 0) is 11.2 Å². The van der Waals surface area contributed by atoms with Crippen molar-refractivity contribution >= 4 is 12.0 Å². The lowest BCUT2D eigenvalue weighted by atomic mass is 10.1. The van der Waals surface area contributed by atoms with Gasteiger partial charge in [-0.25, -0.2) is 9.18 Å². The quantitative estimate of drug-likeness (QED) is 0.713. The van der Waals surface area contributed by atoms with E-state index in [1.54, 1.807) is 25.1 Å². The number of carboxylic acid groups (broad SMARTS) is 1. The molecule has 20 heavy (non-hydrogen) atoms. The monoisotopic (exact) mass is 282 g/mol. The van der Waals surface area contributed by atoms with Crippen molar-refractivity contribution in [2.24, 2.45) is 5.92 Å². The number of hydrogen-bond donors (Lipinski definition) is 3. The molecule has 3 N–H and O–H groups in total. The maximum Gasteiger partial charge on any atom is 0.314 e. The molecule has 0 aliphatic heterocycles. The van der Waals surface area contributed by atoms with E-state index in [0.29, 0.717) is 18.5 Å². The highest BCUT2D eigenvalue weighted by molar-refractivity contribution is 5.74. The Morgan fingerprint density at radius 1 is 1.30 bits per heavy atom. The first kappa shape index (κ1) is 15.9. The van der Waals surface area contributed by atoms with E-state index < -0.39 is 5.97 Å². The van der Waals surface area contributed by atoms with Crippen LogP contribution in [0.3, 0.4) is 0 Å². The first-order valence-corrected chi connectivity index (χ1v) is 6.46. The number of hydrogen-bond acceptors (Lipinski definition) is 2. The second-order valence-electron chi connectivity index (χ2n) is 4.68. The molecular formula is C14H19FN2O3. The van der Waals surface area contributed by atoms with Gasteiger partial charge in [-0.3, -0.25) is 4.79 Å². The number of urea groups is 1. The molecule has 1 rings (SSSR count). The van der Waals surface area contributed by atoms with Gasteiger partial charge in [0.05, 0.1) is 0 Å². The highest BCUT2D eigenvalue weighted by atomic mass is 19.1. The van der Waals surface area contributed by atoms with Crippen LogP contribution in [0.5, 0.6) is 0 Å². The van der Waals surface area contributed by atoms with Gasteiger partial charge in [0, 0.05) is 19.5 Å². The Balaban J connectivity index is 2.20. The first-order chi connectivity index (χ1) is 9.49. The van der Waals surface area contributed by atoms with Crippen LogP contribution in [0.25, 0.3) is 0 Å². The van der Waals surface area contributed by atoms with E-state index in [2.05, 4.69) is 10.6 Å². The van der Waals surface area contributed by atoms with Crippen LogP contribution in [0.2, 0.25) is 0 Å². The molecule has 0 aliphatic carbocycles. The van der Waals surface area contributed by atoms with Gasteiger partial charge in [0.25, 0.3) is 0 Å². The lowest BCUT2D eigenvalue weighted by molar-refractivity contribution is -0.137. The van der Waals surface area contributed by atoms with Gasteiger partial charge in [-0.05, 0) is 24.0 Å². The third kappa shape index (κ3) is 6.17. The maximum atomic E-state index is 13.3. The Kier molecular flexibility index (Phi) is 6.49. The smallest absolute Gasteiger partial charge is 0.314 e. The van der Waals surface area contributed by atoms with Gasteiger partial charge < -0.3 is 15.7 Å². The lowest BCUT2D eigenvalue weighted by Crippen LogP contribution is -2.39. The number of carbonyl (C=O) groups excluding carboxylic acids is 1. The Morgan fingerprint density at radius 2 is 2.00 bits per heavy atom. The van der Waals surface area contributed by atoms with E-state index in [9.17, 15) is 14.0 Å². The lowest BCUT2D eigenvalue weighted by Gasteiger charge is -2.11. The largest absolute Gasteiger partial charge is 0.481 e. The summed E-state index contributed by atoms with van der Waals surface area (Å²) in [4.78, 5) is 21.9. The number of rotatable bonds is 7. The van der Waals surface area contributed by atoms with Gasteiger partial charge in [-0.2, -0.15) is 0 Å². The van der Waals surface area contributed by atoms with Crippen molar-refractivity contribution in [3.8, 4) is 0 Å². The van der Waals surface area contributed by atoms with Crippen molar-refractivity contribution in [2.45, 2.75) is 19.8 Å². The molecule has 1 unspecified atom stereocenters. The summed E-state index contributed by atoms with van der Waals surface area (Å²) in [5, 5.41) is 13.8. The highest BCUT2D eigenvalue weighted by Crippen LogP contribution is 2.06. The molecule has 1 atom stereocenters. The Hall–Kier alpha value is -2.11. The standard InChI is InChI=1S/C14H19FN2O3/c1-10(8-13(18)19)9-17-14(20)16-7-6-11-4-2-3-5-12(11)15/h2-5,10H,6-9H2,1H3,(H,18,19)(H2,16,17,20). The summed E-state index contributed by atoms with van der Waals surface area (Å²) in [6.07, 6.45) is 0.417. The molecule has 0 bridgehead atoms. The zero-order valence-corrected chi connectivity index (χ0v) is 11.4. The summed E-state index contributed by atoms with van der Waals surface area (Å²) in [6.45, 7) is 2.35. The topological polar surface area (TPSA) is 78.4 Å². The second-order valence-corrected chi connectivity index (χ2v) is 4.68.